The fourth-order valence-electron chi connectivity index (χ4n) is 2.42. The van der Waals surface area contributed by atoms with Gasteiger partial charge >= 0.3 is 0 Å². The first-order valence-electron chi connectivity index (χ1n) is 8.35. The fourth-order valence-corrected chi connectivity index (χ4v) is 2.42. The molecule has 0 radical (unpaired) electrons. The molecule has 0 aliphatic rings. The Morgan fingerprint density at radius 2 is 0.889 bits per heavy atom. The first-order chi connectivity index (χ1) is 8.91. The summed E-state index contributed by atoms with van der Waals surface area (Å²) in [6.45, 7) is 2.28. The molecule has 0 aromatic rings. The summed E-state index contributed by atoms with van der Waals surface area (Å²) >= 11 is 0. The molecule has 0 amide bonds. The number of rotatable bonds is 15. The zero-order chi connectivity index (χ0) is 13.3. The summed E-state index contributed by atoms with van der Waals surface area (Å²) in [5.74, 6) is 0. The van der Waals surface area contributed by atoms with Gasteiger partial charge in [0.15, 0.2) is 0 Å². The van der Waals surface area contributed by atoms with Crippen LogP contribution < -0.4 is 0 Å². The molecule has 0 atom stereocenters. The maximum absolute atomic E-state index is 10.1. The van der Waals surface area contributed by atoms with Gasteiger partial charge in [0.1, 0.15) is 6.29 Å². The van der Waals surface area contributed by atoms with Crippen molar-refractivity contribution in [3.63, 3.8) is 0 Å². The minimum Gasteiger partial charge on any atom is -0.303 e. The number of aldehydes is 1. The van der Waals surface area contributed by atoms with Crippen molar-refractivity contribution < 1.29 is 4.79 Å². The van der Waals surface area contributed by atoms with E-state index in [-0.39, 0.29) is 0 Å². The van der Waals surface area contributed by atoms with E-state index in [1.54, 1.807) is 0 Å². The molecule has 0 bridgehead atoms. The molecule has 18 heavy (non-hydrogen) atoms. The van der Waals surface area contributed by atoms with E-state index in [0.717, 1.165) is 19.1 Å². The summed E-state index contributed by atoms with van der Waals surface area (Å²) in [5.41, 5.74) is 0. The molecule has 1 heteroatoms. The maximum atomic E-state index is 10.1. The zero-order valence-corrected chi connectivity index (χ0v) is 12.6. The Bertz CT molecular complexity index is 154. The van der Waals surface area contributed by atoms with E-state index in [0.29, 0.717) is 0 Å². The predicted molar refractivity (Wildman–Crippen MR) is 81.0 cm³/mol. The minimum atomic E-state index is 0.762. The van der Waals surface area contributed by atoms with E-state index in [9.17, 15) is 4.79 Å². The number of hydrogen-bond acceptors (Lipinski definition) is 1. The number of hydrogen-bond donors (Lipinski definition) is 0. The van der Waals surface area contributed by atoms with Gasteiger partial charge in [0, 0.05) is 6.42 Å². The van der Waals surface area contributed by atoms with Gasteiger partial charge in [0.2, 0.25) is 0 Å². The van der Waals surface area contributed by atoms with Gasteiger partial charge in [-0.2, -0.15) is 0 Å². The quantitative estimate of drug-likeness (QED) is 0.256. The van der Waals surface area contributed by atoms with Crippen LogP contribution in [0.25, 0.3) is 0 Å². The normalized spacial score (nSPS) is 10.7. The van der Waals surface area contributed by atoms with Crippen molar-refractivity contribution in [1.82, 2.24) is 0 Å². The molecule has 0 aliphatic carbocycles. The van der Waals surface area contributed by atoms with Crippen molar-refractivity contribution in [1.29, 1.82) is 0 Å². The van der Waals surface area contributed by atoms with Crippen LogP contribution in [0, 0.1) is 0 Å². The standard InChI is InChI=1S/C17H34O/c1-2-3-4-5-6-7-8-9-10-11-12-13-14-15-16-17-18/h17H,2-16H2,1H3. The smallest absolute Gasteiger partial charge is 0.119 e. The Labute approximate surface area is 115 Å². The predicted octanol–water partition coefficient (Wildman–Crippen LogP) is 6.06. The van der Waals surface area contributed by atoms with Crippen molar-refractivity contribution in [3.05, 3.63) is 0 Å². The third kappa shape index (κ3) is 15.7. The monoisotopic (exact) mass is 254 g/mol. The maximum Gasteiger partial charge on any atom is 0.119 e. The van der Waals surface area contributed by atoms with Gasteiger partial charge < -0.3 is 4.79 Å². The highest BCUT2D eigenvalue weighted by Crippen LogP contribution is 2.12. The Hall–Kier alpha value is -0.330. The Balaban J connectivity index is 2.88. The number of unbranched alkanes of at least 4 members (excludes halogenated alkanes) is 14. The molecule has 0 unspecified atom stereocenters. The third-order valence-electron chi connectivity index (χ3n) is 3.68. The highest BCUT2D eigenvalue weighted by molar-refractivity contribution is 5.48. The molecule has 0 heterocycles. The summed E-state index contributed by atoms with van der Waals surface area (Å²) in [5, 5.41) is 0. The van der Waals surface area contributed by atoms with Crippen LogP contribution in [0.4, 0.5) is 0 Å². The van der Waals surface area contributed by atoms with Crippen molar-refractivity contribution >= 4 is 6.29 Å². The molecular formula is C17H34O. The SMILES string of the molecule is CCCCCCCCCCCCCCCCC=O. The number of carbonyl (C=O) groups is 1. The van der Waals surface area contributed by atoms with Crippen LogP contribution in [0.3, 0.4) is 0 Å². The average Bonchev–Trinajstić information content (AvgIpc) is 2.39. The van der Waals surface area contributed by atoms with E-state index in [4.69, 9.17) is 0 Å². The Morgan fingerprint density at radius 1 is 0.556 bits per heavy atom. The van der Waals surface area contributed by atoms with Crippen LogP contribution >= 0.6 is 0 Å². The van der Waals surface area contributed by atoms with E-state index >= 15 is 0 Å². The van der Waals surface area contributed by atoms with Gasteiger partial charge in [-0.15, -0.1) is 0 Å². The second-order valence-electron chi connectivity index (χ2n) is 5.55. The second-order valence-corrected chi connectivity index (χ2v) is 5.55. The topological polar surface area (TPSA) is 17.1 Å². The summed E-state index contributed by atoms with van der Waals surface area (Å²) in [4.78, 5) is 10.1. The second kappa shape index (κ2) is 16.7. The van der Waals surface area contributed by atoms with Crippen molar-refractivity contribution in [2.24, 2.45) is 0 Å². The molecule has 0 fully saturated rings. The molecule has 0 rings (SSSR count). The molecule has 0 aromatic carbocycles. The van der Waals surface area contributed by atoms with Crippen LogP contribution in [-0.2, 0) is 4.79 Å². The molecule has 0 saturated carbocycles. The van der Waals surface area contributed by atoms with E-state index in [2.05, 4.69) is 6.92 Å². The van der Waals surface area contributed by atoms with Gasteiger partial charge in [-0.3, -0.25) is 0 Å². The molecule has 0 N–H and O–H groups in total. The van der Waals surface area contributed by atoms with Crippen LogP contribution in [0.1, 0.15) is 103 Å². The summed E-state index contributed by atoms with van der Waals surface area (Å²) in [6, 6.07) is 0. The molecule has 1 nitrogen and oxygen atoms in total. The summed E-state index contributed by atoms with van der Waals surface area (Å²) < 4.78 is 0. The lowest BCUT2D eigenvalue weighted by Gasteiger charge is -2.02. The lowest BCUT2D eigenvalue weighted by molar-refractivity contribution is -0.107. The average molecular weight is 254 g/mol. The van der Waals surface area contributed by atoms with Crippen LogP contribution in [-0.4, -0.2) is 6.29 Å². The van der Waals surface area contributed by atoms with Gasteiger partial charge in [0.05, 0.1) is 0 Å². The lowest BCUT2D eigenvalue weighted by atomic mass is 10.0. The fraction of sp³-hybridized carbons (Fsp3) is 0.941. The highest BCUT2D eigenvalue weighted by Gasteiger charge is 1.93. The Morgan fingerprint density at radius 3 is 1.22 bits per heavy atom. The highest BCUT2D eigenvalue weighted by atomic mass is 16.1. The summed E-state index contributed by atoms with van der Waals surface area (Å²) in [7, 11) is 0. The van der Waals surface area contributed by atoms with Gasteiger partial charge in [-0.1, -0.05) is 90.4 Å². The largest absolute Gasteiger partial charge is 0.303 e. The first-order valence-corrected chi connectivity index (χ1v) is 8.35. The molecule has 108 valence electrons. The molecule has 0 aliphatic heterocycles. The molecule has 0 spiro atoms. The third-order valence-corrected chi connectivity index (χ3v) is 3.68. The van der Waals surface area contributed by atoms with Crippen LogP contribution in [0.15, 0.2) is 0 Å². The Kier molecular flexibility index (Phi) is 16.4. The van der Waals surface area contributed by atoms with Gasteiger partial charge in [-0.05, 0) is 6.42 Å². The van der Waals surface area contributed by atoms with E-state index in [1.165, 1.54) is 83.5 Å². The van der Waals surface area contributed by atoms with Crippen LogP contribution in [0.5, 0.6) is 0 Å². The molecular weight excluding hydrogens is 220 g/mol. The molecule has 0 saturated heterocycles. The van der Waals surface area contributed by atoms with Crippen molar-refractivity contribution in [2.45, 2.75) is 103 Å². The number of carbonyl (C=O) groups excluding carboxylic acids is 1. The van der Waals surface area contributed by atoms with E-state index in [1.807, 2.05) is 0 Å². The van der Waals surface area contributed by atoms with Crippen molar-refractivity contribution in [3.8, 4) is 0 Å². The zero-order valence-electron chi connectivity index (χ0n) is 12.6. The van der Waals surface area contributed by atoms with E-state index < -0.39 is 0 Å². The lowest BCUT2D eigenvalue weighted by Crippen LogP contribution is -1.83. The van der Waals surface area contributed by atoms with Gasteiger partial charge in [0.25, 0.3) is 0 Å². The minimum absolute atomic E-state index is 0.762. The van der Waals surface area contributed by atoms with Gasteiger partial charge in [-0.25, -0.2) is 0 Å². The summed E-state index contributed by atoms with van der Waals surface area (Å²) in [6.07, 6.45) is 21.1. The first kappa shape index (κ1) is 17.7. The van der Waals surface area contributed by atoms with Crippen molar-refractivity contribution in [2.75, 3.05) is 0 Å². The molecule has 0 aromatic heterocycles. The van der Waals surface area contributed by atoms with Crippen LogP contribution in [0.2, 0.25) is 0 Å².